The van der Waals surface area contributed by atoms with E-state index < -0.39 is 0 Å². The Hall–Kier alpha value is -3.28. The average molecular weight is 304 g/mol. The van der Waals surface area contributed by atoms with Gasteiger partial charge in [0, 0.05) is 30.6 Å². The molecule has 0 unspecified atom stereocenters. The summed E-state index contributed by atoms with van der Waals surface area (Å²) in [6.07, 6.45) is 7.19. The van der Waals surface area contributed by atoms with Crippen LogP contribution in [-0.4, -0.2) is 20.9 Å². The quantitative estimate of drug-likeness (QED) is 0.571. The van der Waals surface area contributed by atoms with Crippen molar-refractivity contribution in [2.75, 3.05) is 5.32 Å². The van der Waals surface area contributed by atoms with E-state index in [1.54, 1.807) is 24.8 Å². The van der Waals surface area contributed by atoms with Gasteiger partial charge in [0.05, 0.1) is 6.20 Å². The molecule has 0 amide bonds. The molecule has 2 heterocycles. The van der Waals surface area contributed by atoms with Crippen LogP contribution in [0.5, 0.6) is 0 Å². The van der Waals surface area contributed by atoms with Crippen molar-refractivity contribution in [1.29, 1.82) is 0 Å². The summed E-state index contributed by atoms with van der Waals surface area (Å²) in [5, 5.41) is 2.90. The van der Waals surface area contributed by atoms with Gasteiger partial charge in [-0.25, -0.2) is 9.97 Å². The molecular formula is C17H16N6. The number of hydrogen-bond donors (Lipinski definition) is 2. The van der Waals surface area contributed by atoms with Crippen LogP contribution in [0.4, 0.5) is 11.6 Å². The molecule has 6 nitrogen and oxygen atoms in total. The number of guanidine groups is 1. The zero-order chi connectivity index (χ0) is 15.9. The molecule has 3 N–H and O–H groups in total. The molecule has 0 radical (unpaired) electrons. The van der Waals surface area contributed by atoms with Crippen LogP contribution in [-0.2, 0) is 6.42 Å². The minimum Gasteiger partial charge on any atom is -0.369 e. The number of aliphatic imine (C=N–C) groups is 1. The zero-order valence-electron chi connectivity index (χ0n) is 12.4. The first kappa shape index (κ1) is 14.6. The lowest BCUT2D eigenvalue weighted by molar-refractivity contribution is 1.12. The fraction of sp³-hybridized carbons (Fsp3) is 0.0588. The van der Waals surface area contributed by atoms with E-state index in [-0.39, 0.29) is 5.96 Å². The molecular weight excluding hydrogens is 288 g/mol. The number of nitrogens with zero attached hydrogens (tertiary/aromatic N) is 4. The molecule has 2 aromatic heterocycles. The maximum atomic E-state index is 5.93. The SMILES string of the molecule is N/C(=N\c1ncccc1Cc1ccccc1)Nc1cnccn1. The molecule has 0 atom stereocenters. The van der Waals surface area contributed by atoms with Gasteiger partial charge in [-0.2, -0.15) is 4.99 Å². The highest BCUT2D eigenvalue weighted by Gasteiger charge is 2.05. The summed E-state index contributed by atoms with van der Waals surface area (Å²) in [7, 11) is 0. The molecule has 0 aliphatic carbocycles. The van der Waals surface area contributed by atoms with Crippen LogP contribution in [0, 0.1) is 0 Å². The van der Waals surface area contributed by atoms with Crippen molar-refractivity contribution in [2.24, 2.45) is 10.7 Å². The van der Waals surface area contributed by atoms with Crippen molar-refractivity contribution in [3.8, 4) is 0 Å². The number of hydrogen-bond acceptors (Lipinski definition) is 4. The summed E-state index contributed by atoms with van der Waals surface area (Å²) in [6.45, 7) is 0. The number of anilines is 1. The summed E-state index contributed by atoms with van der Waals surface area (Å²) in [4.78, 5) is 16.7. The Kier molecular flexibility index (Phi) is 4.54. The number of nitrogens with one attached hydrogen (secondary N) is 1. The highest BCUT2D eigenvalue weighted by Crippen LogP contribution is 2.19. The third-order valence-electron chi connectivity index (χ3n) is 3.15. The molecule has 23 heavy (non-hydrogen) atoms. The van der Waals surface area contributed by atoms with Crippen molar-refractivity contribution in [3.05, 3.63) is 78.4 Å². The van der Waals surface area contributed by atoms with Crippen LogP contribution < -0.4 is 11.1 Å². The van der Waals surface area contributed by atoms with E-state index in [1.807, 2.05) is 30.3 Å². The Morgan fingerprint density at radius 3 is 2.65 bits per heavy atom. The minimum atomic E-state index is 0.221. The van der Waals surface area contributed by atoms with E-state index in [0.717, 1.165) is 12.0 Å². The molecule has 0 saturated heterocycles. The van der Waals surface area contributed by atoms with Crippen molar-refractivity contribution in [3.63, 3.8) is 0 Å². The molecule has 0 saturated carbocycles. The summed E-state index contributed by atoms with van der Waals surface area (Å²) in [5.74, 6) is 1.35. The van der Waals surface area contributed by atoms with Crippen LogP contribution in [0.25, 0.3) is 0 Å². The van der Waals surface area contributed by atoms with Crippen LogP contribution in [0.15, 0.2) is 72.2 Å². The van der Waals surface area contributed by atoms with Crippen LogP contribution in [0.2, 0.25) is 0 Å². The molecule has 3 rings (SSSR count). The maximum Gasteiger partial charge on any atom is 0.201 e. The highest BCUT2D eigenvalue weighted by atomic mass is 15.2. The van der Waals surface area contributed by atoms with Gasteiger partial charge in [0.1, 0.15) is 0 Å². The van der Waals surface area contributed by atoms with Crippen molar-refractivity contribution in [2.45, 2.75) is 6.42 Å². The first-order chi connectivity index (χ1) is 11.3. The Bertz CT molecular complexity index is 786. The number of rotatable bonds is 4. The Balaban J connectivity index is 1.81. The maximum absolute atomic E-state index is 5.93. The minimum absolute atomic E-state index is 0.221. The topological polar surface area (TPSA) is 89.1 Å². The third kappa shape index (κ3) is 4.10. The van der Waals surface area contributed by atoms with Gasteiger partial charge < -0.3 is 11.1 Å². The second kappa shape index (κ2) is 7.13. The molecule has 3 aromatic rings. The number of pyridine rings is 1. The second-order valence-electron chi connectivity index (χ2n) is 4.86. The van der Waals surface area contributed by atoms with Crippen LogP contribution >= 0.6 is 0 Å². The fourth-order valence-corrected chi connectivity index (χ4v) is 2.12. The monoisotopic (exact) mass is 304 g/mol. The number of aromatic nitrogens is 3. The Labute approximate surface area is 134 Å². The fourth-order valence-electron chi connectivity index (χ4n) is 2.12. The molecule has 6 heteroatoms. The molecule has 0 bridgehead atoms. The van der Waals surface area contributed by atoms with Gasteiger partial charge in [0.25, 0.3) is 0 Å². The predicted octanol–water partition coefficient (Wildman–Crippen LogP) is 2.52. The molecule has 0 aliphatic heterocycles. The van der Waals surface area contributed by atoms with Gasteiger partial charge in [-0.1, -0.05) is 36.4 Å². The van der Waals surface area contributed by atoms with Crippen molar-refractivity contribution in [1.82, 2.24) is 15.0 Å². The van der Waals surface area contributed by atoms with E-state index in [0.29, 0.717) is 11.6 Å². The summed E-state index contributed by atoms with van der Waals surface area (Å²) in [6, 6.07) is 14.0. The van der Waals surface area contributed by atoms with E-state index >= 15 is 0 Å². The highest BCUT2D eigenvalue weighted by molar-refractivity contribution is 5.92. The molecule has 1 aromatic carbocycles. The van der Waals surface area contributed by atoms with E-state index in [4.69, 9.17) is 5.73 Å². The van der Waals surface area contributed by atoms with Crippen molar-refractivity contribution < 1.29 is 0 Å². The van der Waals surface area contributed by atoms with Gasteiger partial charge in [-0.05, 0) is 11.6 Å². The lowest BCUT2D eigenvalue weighted by Crippen LogP contribution is -2.22. The lowest BCUT2D eigenvalue weighted by Gasteiger charge is -2.07. The van der Waals surface area contributed by atoms with E-state index in [1.165, 1.54) is 5.56 Å². The molecule has 0 aliphatic rings. The van der Waals surface area contributed by atoms with Gasteiger partial charge in [0.2, 0.25) is 5.96 Å². The Morgan fingerprint density at radius 2 is 1.87 bits per heavy atom. The standard InChI is InChI=1S/C17H16N6/c18-17(22-15-12-19-9-10-20-15)23-16-14(7-4-8-21-16)11-13-5-2-1-3-6-13/h1-10,12H,11H2,(H3,18,20,21,22,23). The van der Waals surface area contributed by atoms with Gasteiger partial charge >= 0.3 is 0 Å². The summed E-state index contributed by atoms with van der Waals surface area (Å²) < 4.78 is 0. The summed E-state index contributed by atoms with van der Waals surface area (Å²) in [5.41, 5.74) is 8.13. The Morgan fingerprint density at radius 1 is 1.00 bits per heavy atom. The van der Waals surface area contributed by atoms with Crippen LogP contribution in [0.3, 0.4) is 0 Å². The smallest absolute Gasteiger partial charge is 0.201 e. The molecule has 0 fully saturated rings. The second-order valence-corrected chi connectivity index (χ2v) is 4.86. The predicted molar refractivity (Wildman–Crippen MR) is 90.4 cm³/mol. The van der Waals surface area contributed by atoms with Crippen LogP contribution in [0.1, 0.15) is 11.1 Å². The molecule has 114 valence electrons. The first-order valence-electron chi connectivity index (χ1n) is 7.16. The lowest BCUT2D eigenvalue weighted by atomic mass is 10.1. The normalized spacial score (nSPS) is 11.2. The van der Waals surface area contributed by atoms with Gasteiger partial charge in [-0.3, -0.25) is 4.98 Å². The number of benzene rings is 1. The van der Waals surface area contributed by atoms with Gasteiger partial charge in [-0.15, -0.1) is 0 Å². The van der Waals surface area contributed by atoms with Gasteiger partial charge in [0.15, 0.2) is 11.6 Å². The zero-order valence-corrected chi connectivity index (χ0v) is 12.4. The van der Waals surface area contributed by atoms with E-state index in [2.05, 4.69) is 37.4 Å². The van der Waals surface area contributed by atoms with E-state index in [9.17, 15) is 0 Å². The summed E-state index contributed by atoms with van der Waals surface area (Å²) >= 11 is 0. The molecule has 0 spiro atoms. The average Bonchev–Trinajstić information content (AvgIpc) is 2.58. The number of nitrogens with two attached hydrogens (primary N) is 1. The van der Waals surface area contributed by atoms with Crippen molar-refractivity contribution >= 4 is 17.6 Å². The largest absolute Gasteiger partial charge is 0.369 e. The third-order valence-corrected chi connectivity index (χ3v) is 3.15. The first-order valence-corrected chi connectivity index (χ1v) is 7.16.